The van der Waals surface area contributed by atoms with Gasteiger partial charge in [0.1, 0.15) is 5.75 Å². The van der Waals surface area contributed by atoms with Gasteiger partial charge in [0, 0.05) is 12.6 Å². The smallest absolute Gasteiger partial charge is 0.255 e. The van der Waals surface area contributed by atoms with Crippen LogP contribution in [-0.2, 0) is 9.84 Å². The first-order valence-corrected chi connectivity index (χ1v) is 8.66. The van der Waals surface area contributed by atoms with E-state index in [0.29, 0.717) is 6.54 Å². The van der Waals surface area contributed by atoms with Crippen molar-refractivity contribution in [3.63, 3.8) is 0 Å². The lowest BCUT2D eigenvalue weighted by molar-refractivity contribution is 0.0947. The average Bonchev–Trinajstić information content (AvgIpc) is 2.98. The topological polar surface area (TPSA) is 95.5 Å². The van der Waals surface area contributed by atoms with Crippen LogP contribution in [0.1, 0.15) is 30.1 Å². The summed E-state index contributed by atoms with van der Waals surface area (Å²) in [5.74, 6) is -0.735. The van der Waals surface area contributed by atoms with Crippen LogP contribution >= 0.6 is 0 Å². The molecule has 3 N–H and O–H groups in total. The summed E-state index contributed by atoms with van der Waals surface area (Å²) in [6.45, 7) is 2.94. The minimum atomic E-state index is -3.41. The normalized spacial score (nSPS) is 18.6. The van der Waals surface area contributed by atoms with Crippen molar-refractivity contribution in [2.45, 2.75) is 30.7 Å². The first kappa shape index (κ1) is 15.8. The summed E-state index contributed by atoms with van der Waals surface area (Å²) in [6.07, 6.45) is 2.08. The first-order valence-electron chi connectivity index (χ1n) is 7.01. The van der Waals surface area contributed by atoms with E-state index in [1.54, 1.807) is 0 Å². The Morgan fingerprint density at radius 3 is 2.86 bits per heavy atom. The van der Waals surface area contributed by atoms with Crippen molar-refractivity contribution in [2.24, 2.45) is 0 Å². The lowest BCUT2D eigenvalue weighted by atomic mass is 10.1. The second kappa shape index (κ2) is 6.44. The highest BCUT2D eigenvalue weighted by Gasteiger charge is 2.19. The van der Waals surface area contributed by atoms with Gasteiger partial charge in [0.25, 0.3) is 5.91 Å². The molecule has 1 fully saturated rings. The predicted octanol–water partition coefficient (Wildman–Crippen LogP) is 0.668. The van der Waals surface area contributed by atoms with Crippen LogP contribution in [0.25, 0.3) is 0 Å². The largest absolute Gasteiger partial charge is 0.507 e. The molecule has 1 aromatic carbocycles. The zero-order valence-electron chi connectivity index (χ0n) is 11.9. The fourth-order valence-electron chi connectivity index (χ4n) is 2.30. The van der Waals surface area contributed by atoms with Crippen molar-refractivity contribution in [2.75, 3.05) is 18.8 Å². The highest BCUT2D eigenvalue weighted by Crippen LogP contribution is 2.22. The van der Waals surface area contributed by atoms with Gasteiger partial charge < -0.3 is 15.7 Å². The Hall–Kier alpha value is -1.60. The molecule has 0 aromatic heterocycles. The number of sulfone groups is 1. The van der Waals surface area contributed by atoms with Gasteiger partial charge >= 0.3 is 0 Å². The maximum Gasteiger partial charge on any atom is 0.255 e. The fraction of sp³-hybridized carbons (Fsp3) is 0.500. The van der Waals surface area contributed by atoms with Crippen molar-refractivity contribution in [3.05, 3.63) is 23.8 Å². The van der Waals surface area contributed by atoms with E-state index in [4.69, 9.17) is 0 Å². The summed E-state index contributed by atoms with van der Waals surface area (Å²) < 4.78 is 23.7. The van der Waals surface area contributed by atoms with E-state index in [0.717, 1.165) is 19.4 Å². The van der Waals surface area contributed by atoms with Crippen LogP contribution in [0, 0.1) is 0 Å². The maximum absolute atomic E-state index is 12.1. The van der Waals surface area contributed by atoms with E-state index < -0.39 is 15.7 Å². The number of carbonyl (C=O) groups is 1. The van der Waals surface area contributed by atoms with E-state index in [-0.39, 0.29) is 28.0 Å². The number of aromatic hydroxyl groups is 1. The summed E-state index contributed by atoms with van der Waals surface area (Å²) in [7, 11) is -3.41. The molecule has 2 rings (SSSR count). The highest BCUT2D eigenvalue weighted by atomic mass is 32.2. The Kier molecular flexibility index (Phi) is 4.84. The number of benzene rings is 1. The van der Waals surface area contributed by atoms with Crippen LogP contribution in [0.3, 0.4) is 0 Å². The third kappa shape index (κ3) is 3.74. The second-order valence-electron chi connectivity index (χ2n) is 5.09. The van der Waals surface area contributed by atoms with Gasteiger partial charge in [0.2, 0.25) is 0 Å². The number of phenols is 1. The van der Waals surface area contributed by atoms with Crippen molar-refractivity contribution < 1.29 is 18.3 Å². The Bertz CT molecular complexity index is 622. The van der Waals surface area contributed by atoms with Crippen molar-refractivity contribution in [3.8, 4) is 5.75 Å². The molecule has 0 unspecified atom stereocenters. The molecule has 1 heterocycles. The van der Waals surface area contributed by atoms with Gasteiger partial charge in [-0.25, -0.2) is 8.42 Å². The molecular formula is C14H20N2O4S. The summed E-state index contributed by atoms with van der Waals surface area (Å²) >= 11 is 0. The van der Waals surface area contributed by atoms with Crippen LogP contribution in [-0.4, -0.2) is 44.3 Å². The standard InChI is InChI=1S/C14H20N2O4S/c1-2-21(19,20)11-5-6-13(17)12(8-11)14(18)16-9-10-4-3-7-15-10/h5-6,8,10,15,17H,2-4,7,9H2,1H3,(H,16,18)/t10-/m0/s1. The number of hydrogen-bond acceptors (Lipinski definition) is 5. The maximum atomic E-state index is 12.1. The molecule has 1 atom stereocenters. The minimum Gasteiger partial charge on any atom is -0.507 e. The molecular weight excluding hydrogens is 292 g/mol. The van der Waals surface area contributed by atoms with Gasteiger partial charge in [-0.1, -0.05) is 6.92 Å². The third-order valence-electron chi connectivity index (χ3n) is 3.62. The van der Waals surface area contributed by atoms with Gasteiger partial charge in [0.05, 0.1) is 16.2 Å². The van der Waals surface area contributed by atoms with E-state index in [1.165, 1.54) is 25.1 Å². The third-order valence-corrected chi connectivity index (χ3v) is 5.36. The Labute approximate surface area is 124 Å². The first-order chi connectivity index (χ1) is 9.94. The van der Waals surface area contributed by atoms with Gasteiger partial charge in [-0.05, 0) is 37.6 Å². The molecule has 21 heavy (non-hydrogen) atoms. The predicted molar refractivity (Wildman–Crippen MR) is 79.2 cm³/mol. The summed E-state index contributed by atoms with van der Waals surface area (Å²) in [5.41, 5.74) is -0.0116. The van der Waals surface area contributed by atoms with Crippen LogP contribution in [0.15, 0.2) is 23.1 Å². The quantitative estimate of drug-likeness (QED) is 0.742. The SMILES string of the molecule is CCS(=O)(=O)c1ccc(O)c(C(=O)NC[C@@H]2CCCN2)c1. The van der Waals surface area contributed by atoms with Crippen molar-refractivity contribution >= 4 is 15.7 Å². The lowest BCUT2D eigenvalue weighted by Gasteiger charge is -2.12. The van der Waals surface area contributed by atoms with E-state index >= 15 is 0 Å². The molecule has 0 saturated carbocycles. The molecule has 1 amide bonds. The van der Waals surface area contributed by atoms with E-state index in [1.807, 2.05) is 0 Å². The molecule has 7 heteroatoms. The Morgan fingerprint density at radius 2 is 2.24 bits per heavy atom. The molecule has 6 nitrogen and oxygen atoms in total. The minimum absolute atomic E-state index is 0.0116. The van der Waals surface area contributed by atoms with Gasteiger partial charge in [-0.2, -0.15) is 0 Å². The molecule has 116 valence electrons. The van der Waals surface area contributed by atoms with E-state index in [2.05, 4.69) is 10.6 Å². The monoisotopic (exact) mass is 312 g/mol. The molecule has 1 aliphatic heterocycles. The summed E-state index contributed by atoms with van der Waals surface area (Å²) in [6, 6.07) is 4.01. The van der Waals surface area contributed by atoms with Crippen molar-refractivity contribution in [1.29, 1.82) is 0 Å². The molecule has 1 saturated heterocycles. The average molecular weight is 312 g/mol. The van der Waals surface area contributed by atoms with Crippen molar-refractivity contribution in [1.82, 2.24) is 10.6 Å². The molecule has 1 aromatic rings. The number of carbonyl (C=O) groups excluding carboxylic acids is 1. The summed E-state index contributed by atoms with van der Waals surface area (Å²) in [5, 5.41) is 15.7. The summed E-state index contributed by atoms with van der Waals surface area (Å²) in [4.78, 5) is 12.1. The molecule has 0 bridgehead atoms. The van der Waals surface area contributed by atoms with Gasteiger partial charge in [-0.3, -0.25) is 4.79 Å². The number of amides is 1. The van der Waals surface area contributed by atoms with Crippen LogP contribution in [0.2, 0.25) is 0 Å². The Balaban J connectivity index is 2.14. The second-order valence-corrected chi connectivity index (χ2v) is 7.36. The van der Waals surface area contributed by atoms with Crippen LogP contribution < -0.4 is 10.6 Å². The van der Waals surface area contributed by atoms with Gasteiger partial charge in [0.15, 0.2) is 9.84 Å². The number of hydrogen-bond donors (Lipinski definition) is 3. The molecule has 0 spiro atoms. The Morgan fingerprint density at radius 1 is 1.48 bits per heavy atom. The van der Waals surface area contributed by atoms with Crippen LogP contribution in [0.4, 0.5) is 0 Å². The zero-order chi connectivity index (χ0) is 15.5. The zero-order valence-corrected chi connectivity index (χ0v) is 12.7. The number of phenolic OH excluding ortho intramolecular Hbond substituents is 1. The molecule has 1 aliphatic rings. The fourth-order valence-corrected chi connectivity index (χ4v) is 3.21. The van der Waals surface area contributed by atoms with Crippen LogP contribution in [0.5, 0.6) is 5.75 Å². The number of nitrogens with one attached hydrogen (secondary N) is 2. The van der Waals surface area contributed by atoms with Gasteiger partial charge in [-0.15, -0.1) is 0 Å². The molecule has 0 radical (unpaired) electrons. The van der Waals surface area contributed by atoms with E-state index in [9.17, 15) is 18.3 Å². The molecule has 0 aliphatic carbocycles. The highest BCUT2D eigenvalue weighted by molar-refractivity contribution is 7.91. The lowest BCUT2D eigenvalue weighted by Crippen LogP contribution is -2.37. The number of rotatable bonds is 5.